The van der Waals surface area contributed by atoms with E-state index in [9.17, 15) is 9.18 Å². The fourth-order valence-electron chi connectivity index (χ4n) is 3.49. The molecule has 1 aliphatic rings. The molecule has 1 aliphatic heterocycles. The van der Waals surface area contributed by atoms with Gasteiger partial charge >= 0.3 is 0 Å². The molecule has 136 valence electrons. The van der Waals surface area contributed by atoms with Gasteiger partial charge in [0, 0.05) is 35.6 Å². The predicted molar refractivity (Wildman–Crippen MR) is 102 cm³/mol. The first-order chi connectivity index (χ1) is 13.0. The number of benzene rings is 2. The Morgan fingerprint density at radius 2 is 2.04 bits per heavy atom. The van der Waals surface area contributed by atoms with E-state index >= 15 is 0 Å². The Labute approximate surface area is 156 Å². The molecule has 2 aromatic carbocycles. The molecule has 0 aliphatic carbocycles. The van der Waals surface area contributed by atoms with Crippen LogP contribution < -0.4 is 5.73 Å². The molecular weight excluding hydrogens is 343 g/mol. The molecule has 1 atom stereocenters. The zero-order valence-corrected chi connectivity index (χ0v) is 14.9. The van der Waals surface area contributed by atoms with Crippen LogP contribution in [0.25, 0.3) is 0 Å². The summed E-state index contributed by atoms with van der Waals surface area (Å²) in [7, 11) is 0. The molecule has 0 saturated carbocycles. The van der Waals surface area contributed by atoms with Gasteiger partial charge in [-0.25, -0.2) is 9.37 Å². The van der Waals surface area contributed by atoms with Crippen molar-refractivity contribution in [1.82, 2.24) is 9.55 Å². The van der Waals surface area contributed by atoms with Crippen molar-refractivity contribution in [3.63, 3.8) is 0 Å². The molecule has 3 aromatic rings. The van der Waals surface area contributed by atoms with Crippen LogP contribution in [0.4, 0.5) is 10.1 Å². The molecule has 6 heteroatoms. The van der Waals surface area contributed by atoms with Crippen molar-refractivity contribution in [2.24, 2.45) is 4.99 Å². The zero-order chi connectivity index (χ0) is 19.0. The zero-order valence-electron chi connectivity index (χ0n) is 14.9. The van der Waals surface area contributed by atoms with E-state index < -0.39 is 5.54 Å². The number of imidazole rings is 1. The molecule has 2 N–H and O–H groups in total. The van der Waals surface area contributed by atoms with E-state index in [-0.39, 0.29) is 18.0 Å². The Kier molecular flexibility index (Phi) is 4.11. The molecule has 0 spiro atoms. The van der Waals surface area contributed by atoms with E-state index in [1.807, 2.05) is 29.7 Å². The maximum Gasteiger partial charge on any atom is 0.170 e. The maximum absolute atomic E-state index is 14.5. The van der Waals surface area contributed by atoms with Crippen LogP contribution in [0.5, 0.6) is 0 Å². The molecule has 5 nitrogen and oxygen atoms in total. The number of rotatable bonds is 4. The van der Waals surface area contributed by atoms with Crippen molar-refractivity contribution >= 4 is 17.3 Å². The van der Waals surface area contributed by atoms with E-state index in [0.717, 1.165) is 5.82 Å². The molecule has 1 aromatic heterocycles. The van der Waals surface area contributed by atoms with Crippen LogP contribution in [-0.2, 0) is 12.0 Å². The molecule has 0 unspecified atom stereocenters. The minimum atomic E-state index is -0.882. The number of nitrogen functional groups attached to an aromatic ring is 1. The third kappa shape index (κ3) is 3.14. The smallest absolute Gasteiger partial charge is 0.170 e. The van der Waals surface area contributed by atoms with Crippen LogP contribution in [0.15, 0.2) is 65.9 Å². The SMILES string of the molecule is C[C@@]1(c2cc(N)ccc2F)Cc2nccn2C(CC(=O)c2ccccc2)=N1. The first-order valence-corrected chi connectivity index (χ1v) is 8.71. The van der Waals surface area contributed by atoms with Crippen LogP contribution in [0.3, 0.4) is 0 Å². The van der Waals surface area contributed by atoms with Crippen LogP contribution in [0.2, 0.25) is 0 Å². The average molecular weight is 362 g/mol. The van der Waals surface area contributed by atoms with Gasteiger partial charge in [0.15, 0.2) is 5.78 Å². The highest BCUT2D eigenvalue weighted by Gasteiger charge is 2.36. The minimum absolute atomic E-state index is 0.0497. The number of hydrogen-bond acceptors (Lipinski definition) is 4. The number of carbonyl (C=O) groups excluding carboxylic acids is 1. The summed E-state index contributed by atoms with van der Waals surface area (Å²) in [6.45, 7) is 1.84. The van der Waals surface area contributed by atoms with Crippen molar-refractivity contribution in [2.75, 3.05) is 5.73 Å². The first kappa shape index (κ1) is 17.1. The number of Topliss-reactive ketones (excluding diaryl/α,β-unsaturated/α-hetero) is 1. The molecule has 0 saturated heterocycles. The van der Waals surface area contributed by atoms with E-state index in [1.54, 1.807) is 30.6 Å². The van der Waals surface area contributed by atoms with Gasteiger partial charge in [-0.15, -0.1) is 0 Å². The highest BCUT2D eigenvalue weighted by molar-refractivity contribution is 6.10. The van der Waals surface area contributed by atoms with Crippen LogP contribution in [-0.4, -0.2) is 21.2 Å². The van der Waals surface area contributed by atoms with Gasteiger partial charge < -0.3 is 5.73 Å². The molecule has 27 heavy (non-hydrogen) atoms. The topological polar surface area (TPSA) is 73.3 Å². The Morgan fingerprint density at radius 3 is 2.81 bits per heavy atom. The van der Waals surface area contributed by atoms with Crippen molar-refractivity contribution in [1.29, 1.82) is 0 Å². The summed E-state index contributed by atoms with van der Waals surface area (Å²) >= 11 is 0. The predicted octanol–water partition coefficient (Wildman–Crippen LogP) is 3.60. The summed E-state index contributed by atoms with van der Waals surface area (Å²) in [5, 5.41) is 0. The molecule has 0 fully saturated rings. The standard InChI is InChI=1S/C21H19FN4O/c1-21(16-11-15(23)7-8-17(16)22)13-20-24-9-10-26(20)19(25-21)12-18(27)14-5-3-2-4-6-14/h2-11H,12-13,23H2,1H3/t21-/m0/s1. The van der Waals surface area contributed by atoms with Crippen LogP contribution >= 0.6 is 0 Å². The summed E-state index contributed by atoms with van der Waals surface area (Å²) in [5.41, 5.74) is 6.48. The van der Waals surface area contributed by atoms with E-state index in [4.69, 9.17) is 10.7 Å². The van der Waals surface area contributed by atoms with Gasteiger partial charge in [-0.3, -0.25) is 14.4 Å². The lowest BCUT2D eigenvalue weighted by molar-refractivity contribution is 0.0999. The van der Waals surface area contributed by atoms with Crippen LogP contribution in [0, 0.1) is 5.82 Å². The maximum atomic E-state index is 14.5. The van der Waals surface area contributed by atoms with Crippen molar-refractivity contribution in [2.45, 2.75) is 25.3 Å². The number of hydrogen-bond donors (Lipinski definition) is 1. The molecule has 0 bridgehead atoms. The first-order valence-electron chi connectivity index (χ1n) is 8.71. The Hall–Kier alpha value is -3.28. The number of anilines is 1. The number of ketones is 1. The second-order valence-electron chi connectivity index (χ2n) is 6.90. The molecule has 2 heterocycles. The second kappa shape index (κ2) is 6.46. The Bertz CT molecular complexity index is 1040. The number of aromatic nitrogens is 2. The van der Waals surface area contributed by atoms with Gasteiger partial charge in [0.25, 0.3) is 0 Å². The monoisotopic (exact) mass is 362 g/mol. The summed E-state index contributed by atoms with van der Waals surface area (Å²) < 4.78 is 16.3. The number of halogens is 1. The highest BCUT2D eigenvalue weighted by Crippen LogP contribution is 2.35. The van der Waals surface area contributed by atoms with E-state index in [0.29, 0.717) is 29.1 Å². The highest BCUT2D eigenvalue weighted by atomic mass is 19.1. The van der Waals surface area contributed by atoms with Crippen LogP contribution in [0.1, 0.15) is 35.1 Å². The fraction of sp³-hybridized carbons (Fsp3) is 0.190. The Morgan fingerprint density at radius 1 is 1.26 bits per heavy atom. The summed E-state index contributed by atoms with van der Waals surface area (Å²) in [6, 6.07) is 13.5. The number of fused-ring (bicyclic) bond motifs is 1. The normalized spacial score (nSPS) is 18.7. The number of nitrogens with zero attached hydrogens (tertiary/aromatic N) is 3. The molecule has 4 rings (SSSR count). The van der Waals surface area contributed by atoms with Gasteiger partial charge in [-0.2, -0.15) is 0 Å². The lowest BCUT2D eigenvalue weighted by Gasteiger charge is -2.32. The Balaban J connectivity index is 1.76. The third-order valence-corrected chi connectivity index (χ3v) is 4.86. The van der Waals surface area contributed by atoms with Gasteiger partial charge in [-0.05, 0) is 25.1 Å². The minimum Gasteiger partial charge on any atom is -0.399 e. The summed E-state index contributed by atoms with van der Waals surface area (Å²) in [5.74, 6) is 0.868. The van der Waals surface area contributed by atoms with Crippen molar-refractivity contribution in [3.05, 3.63) is 83.7 Å². The van der Waals surface area contributed by atoms with Crippen molar-refractivity contribution < 1.29 is 9.18 Å². The van der Waals surface area contributed by atoms with E-state index in [2.05, 4.69) is 4.98 Å². The number of carbonyl (C=O) groups is 1. The average Bonchev–Trinajstić information content (AvgIpc) is 3.12. The number of aliphatic imine (C=N–C) groups is 1. The van der Waals surface area contributed by atoms with Gasteiger partial charge in [0.05, 0.1) is 12.0 Å². The molecular formula is C21H19FN4O. The van der Waals surface area contributed by atoms with Gasteiger partial charge in [0.1, 0.15) is 17.5 Å². The molecule has 0 radical (unpaired) electrons. The fourth-order valence-corrected chi connectivity index (χ4v) is 3.49. The van der Waals surface area contributed by atoms with Crippen molar-refractivity contribution in [3.8, 4) is 0 Å². The second-order valence-corrected chi connectivity index (χ2v) is 6.90. The quantitative estimate of drug-likeness (QED) is 0.569. The lowest BCUT2D eigenvalue weighted by Crippen LogP contribution is -2.35. The number of nitrogens with two attached hydrogens (primary N) is 1. The van der Waals surface area contributed by atoms with Gasteiger partial charge in [-0.1, -0.05) is 30.3 Å². The molecule has 0 amide bonds. The summed E-state index contributed by atoms with van der Waals surface area (Å²) in [4.78, 5) is 21.9. The van der Waals surface area contributed by atoms with E-state index in [1.165, 1.54) is 12.1 Å². The van der Waals surface area contributed by atoms with Gasteiger partial charge in [0.2, 0.25) is 0 Å². The summed E-state index contributed by atoms with van der Waals surface area (Å²) in [6.07, 6.45) is 3.97. The largest absolute Gasteiger partial charge is 0.399 e. The third-order valence-electron chi connectivity index (χ3n) is 4.86. The lowest BCUT2D eigenvalue weighted by atomic mass is 9.86.